The number of benzene rings is 1. The maximum absolute atomic E-state index is 13.2. The van der Waals surface area contributed by atoms with Crippen LogP contribution >= 0.6 is 0 Å². The SMILES string of the molecule is CC(CCCN1CCNCC1)c1ccc(F)c(F)c1. The van der Waals surface area contributed by atoms with Crippen molar-refractivity contribution < 1.29 is 8.78 Å². The number of hydrogen-bond donors (Lipinski definition) is 1. The summed E-state index contributed by atoms with van der Waals surface area (Å²) in [5, 5.41) is 3.33. The van der Waals surface area contributed by atoms with Gasteiger partial charge in [0, 0.05) is 26.2 Å². The molecule has 1 saturated heterocycles. The van der Waals surface area contributed by atoms with Gasteiger partial charge in [0.15, 0.2) is 11.6 Å². The van der Waals surface area contributed by atoms with Gasteiger partial charge in [0.25, 0.3) is 0 Å². The molecule has 0 bridgehead atoms. The molecule has 2 nitrogen and oxygen atoms in total. The van der Waals surface area contributed by atoms with Gasteiger partial charge in [0.05, 0.1) is 0 Å². The van der Waals surface area contributed by atoms with Gasteiger partial charge in [-0.25, -0.2) is 8.78 Å². The van der Waals surface area contributed by atoms with Crippen LogP contribution in [-0.4, -0.2) is 37.6 Å². The number of hydrogen-bond acceptors (Lipinski definition) is 2. The normalized spacial score (nSPS) is 18.5. The van der Waals surface area contributed by atoms with E-state index >= 15 is 0 Å². The maximum Gasteiger partial charge on any atom is 0.159 e. The second kappa shape index (κ2) is 6.96. The lowest BCUT2D eigenvalue weighted by Crippen LogP contribution is -2.43. The van der Waals surface area contributed by atoms with E-state index in [-0.39, 0.29) is 5.92 Å². The van der Waals surface area contributed by atoms with Gasteiger partial charge >= 0.3 is 0 Å². The quantitative estimate of drug-likeness (QED) is 0.883. The van der Waals surface area contributed by atoms with Crippen molar-refractivity contribution in [2.45, 2.75) is 25.7 Å². The Morgan fingerprint density at radius 1 is 1.21 bits per heavy atom. The van der Waals surface area contributed by atoms with Crippen LogP contribution in [0.4, 0.5) is 8.78 Å². The lowest BCUT2D eigenvalue weighted by atomic mass is 9.96. The van der Waals surface area contributed by atoms with Crippen LogP contribution in [0, 0.1) is 11.6 Å². The highest BCUT2D eigenvalue weighted by atomic mass is 19.2. The predicted molar refractivity (Wildman–Crippen MR) is 73.3 cm³/mol. The van der Waals surface area contributed by atoms with Crippen molar-refractivity contribution in [3.8, 4) is 0 Å². The van der Waals surface area contributed by atoms with E-state index in [1.807, 2.05) is 0 Å². The highest BCUT2D eigenvalue weighted by Crippen LogP contribution is 2.22. The minimum Gasteiger partial charge on any atom is -0.314 e. The third-order valence-corrected chi connectivity index (χ3v) is 3.83. The molecule has 1 fully saturated rings. The first kappa shape index (κ1) is 14.4. The first-order valence-electron chi connectivity index (χ1n) is 7.05. The zero-order valence-electron chi connectivity index (χ0n) is 11.5. The van der Waals surface area contributed by atoms with E-state index in [1.165, 1.54) is 12.1 Å². The zero-order chi connectivity index (χ0) is 13.7. The first-order valence-corrected chi connectivity index (χ1v) is 7.05. The van der Waals surface area contributed by atoms with E-state index < -0.39 is 11.6 Å². The number of rotatable bonds is 5. The number of halogens is 2. The van der Waals surface area contributed by atoms with E-state index in [0.717, 1.165) is 51.1 Å². The molecule has 1 aliphatic heterocycles. The summed E-state index contributed by atoms with van der Waals surface area (Å²) < 4.78 is 26.0. The fourth-order valence-electron chi connectivity index (χ4n) is 2.54. The summed E-state index contributed by atoms with van der Waals surface area (Å²) in [5.41, 5.74) is 0.888. The monoisotopic (exact) mass is 268 g/mol. The zero-order valence-corrected chi connectivity index (χ0v) is 11.5. The Kier molecular flexibility index (Phi) is 5.28. The molecule has 0 amide bonds. The van der Waals surface area contributed by atoms with E-state index in [2.05, 4.69) is 17.1 Å². The van der Waals surface area contributed by atoms with Gasteiger partial charge in [0.1, 0.15) is 0 Å². The van der Waals surface area contributed by atoms with Crippen LogP contribution in [0.2, 0.25) is 0 Å². The summed E-state index contributed by atoms with van der Waals surface area (Å²) in [6, 6.07) is 4.23. The van der Waals surface area contributed by atoms with E-state index in [0.29, 0.717) is 0 Å². The second-order valence-corrected chi connectivity index (χ2v) is 5.31. The first-order chi connectivity index (χ1) is 9.16. The summed E-state index contributed by atoms with van der Waals surface area (Å²) in [4.78, 5) is 2.45. The lowest BCUT2D eigenvalue weighted by Gasteiger charge is -2.27. The summed E-state index contributed by atoms with van der Waals surface area (Å²) in [5.74, 6) is -1.23. The second-order valence-electron chi connectivity index (χ2n) is 5.31. The molecule has 106 valence electrons. The number of piperazine rings is 1. The van der Waals surface area contributed by atoms with Crippen LogP contribution in [0.1, 0.15) is 31.2 Å². The van der Waals surface area contributed by atoms with Crippen LogP contribution in [0.3, 0.4) is 0 Å². The molecule has 1 aliphatic rings. The molecule has 1 N–H and O–H groups in total. The molecular weight excluding hydrogens is 246 g/mol. The Labute approximate surface area is 113 Å². The standard InChI is InChI=1S/C15H22F2N2/c1-12(13-4-5-14(16)15(17)11-13)3-2-8-19-9-6-18-7-10-19/h4-5,11-12,18H,2-3,6-10H2,1H3. The Morgan fingerprint density at radius 3 is 2.63 bits per heavy atom. The van der Waals surface area contributed by atoms with Crippen LogP contribution in [0.15, 0.2) is 18.2 Å². The summed E-state index contributed by atoms with van der Waals surface area (Å²) in [6.45, 7) is 7.52. The molecule has 1 aromatic rings. The molecule has 0 spiro atoms. The minimum absolute atomic E-state index is 0.276. The van der Waals surface area contributed by atoms with Crippen LogP contribution in [0.25, 0.3) is 0 Å². The fourth-order valence-corrected chi connectivity index (χ4v) is 2.54. The molecule has 0 saturated carbocycles. The van der Waals surface area contributed by atoms with Gasteiger partial charge in [-0.1, -0.05) is 13.0 Å². The number of nitrogens with zero attached hydrogens (tertiary/aromatic N) is 1. The smallest absolute Gasteiger partial charge is 0.159 e. The molecule has 1 unspecified atom stereocenters. The Bertz CT molecular complexity index is 403. The van der Waals surface area contributed by atoms with Gasteiger partial charge < -0.3 is 10.2 Å². The average Bonchev–Trinajstić information content (AvgIpc) is 2.43. The van der Waals surface area contributed by atoms with Gasteiger partial charge in [-0.15, -0.1) is 0 Å². The van der Waals surface area contributed by atoms with Gasteiger partial charge in [-0.05, 0) is 43.0 Å². The van der Waals surface area contributed by atoms with Crippen molar-refractivity contribution in [1.29, 1.82) is 0 Å². The Morgan fingerprint density at radius 2 is 1.95 bits per heavy atom. The molecule has 19 heavy (non-hydrogen) atoms. The van der Waals surface area contributed by atoms with Crippen molar-refractivity contribution >= 4 is 0 Å². The van der Waals surface area contributed by atoms with Gasteiger partial charge in [-0.3, -0.25) is 0 Å². The Balaban J connectivity index is 1.76. The topological polar surface area (TPSA) is 15.3 Å². The van der Waals surface area contributed by atoms with E-state index in [9.17, 15) is 8.78 Å². The highest BCUT2D eigenvalue weighted by Gasteiger charge is 2.12. The molecule has 0 aromatic heterocycles. The highest BCUT2D eigenvalue weighted by molar-refractivity contribution is 5.21. The largest absolute Gasteiger partial charge is 0.314 e. The third kappa shape index (κ3) is 4.25. The molecule has 1 aromatic carbocycles. The van der Waals surface area contributed by atoms with Gasteiger partial charge in [0.2, 0.25) is 0 Å². The molecule has 0 radical (unpaired) electrons. The minimum atomic E-state index is -0.767. The molecular formula is C15H22F2N2. The van der Waals surface area contributed by atoms with Crippen molar-refractivity contribution in [2.75, 3.05) is 32.7 Å². The van der Waals surface area contributed by atoms with Crippen LogP contribution in [0.5, 0.6) is 0 Å². The predicted octanol–water partition coefficient (Wildman–Crippen LogP) is 2.75. The number of nitrogens with one attached hydrogen (secondary N) is 1. The van der Waals surface area contributed by atoms with Crippen molar-refractivity contribution in [3.63, 3.8) is 0 Å². The summed E-state index contributed by atoms with van der Waals surface area (Å²) >= 11 is 0. The fraction of sp³-hybridized carbons (Fsp3) is 0.600. The van der Waals surface area contributed by atoms with Crippen LogP contribution < -0.4 is 5.32 Å². The molecule has 0 aliphatic carbocycles. The average molecular weight is 268 g/mol. The van der Waals surface area contributed by atoms with Crippen molar-refractivity contribution in [2.24, 2.45) is 0 Å². The van der Waals surface area contributed by atoms with Crippen molar-refractivity contribution in [1.82, 2.24) is 10.2 Å². The summed E-state index contributed by atoms with van der Waals surface area (Å²) in [6.07, 6.45) is 2.11. The third-order valence-electron chi connectivity index (χ3n) is 3.83. The van der Waals surface area contributed by atoms with E-state index in [4.69, 9.17) is 0 Å². The molecule has 4 heteroatoms. The molecule has 2 rings (SSSR count). The lowest BCUT2D eigenvalue weighted by molar-refractivity contribution is 0.235. The van der Waals surface area contributed by atoms with E-state index in [1.54, 1.807) is 6.07 Å². The maximum atomic E-state index is 13.2. The van der Waals surface area contributed by atoms with Crippen molar-refractivity contribution in [3.05, 3.63) is 35.4 Å². The molecule has 1 heterocycles. The summed E-state index contributed by atoms with van der Waals surface area (Å²) in [7, 11) is 0. The van der Waals surface area contributed by atoms with Gasteiger partial charge in [-0.2, -0.15) is 0 Å². The molecule has 1 atom stereocenters. The Hall–Kier alpha value is -1.00. The van der Waals surface area contributed by atoms with Crippen LogP contribution in [-0.2, 0) is 0 Å².